The molecule has 0 amide bonds. The lowest BCUT2D eigenvalue weighted by Crippen LogP contribution is -1.91. The smallest absolute Gasteiger partial charge is 0.158 e. The van der Waals surface area contributed by atoms with Gasteiger partial charge in [0, 0.05) is 24.4 Å². The molecular weight excluding hydrogens is 198 g/mol. The van der Waals surface area contributed by atoms with Crippen molar-refractivity contribution in [2.75, 3.05) is 0 Å². The van der Waals surface area contributed by atoms with Crippen molar-refractivity contribution in [3.8, 4) is 0 Å². The quantitative estimate of drug-likeness (QED) is 0.648. The minimum atomic E-state index is 0.876. The molecule has 0 atom stereocenters. The Balaban J connectivity index is 2.01. The number of hydrogen-bond acceptors (Lipinski definition) is 2. The van der Waals surface area contributed by atoms with E-state index in [0.29, 0.717) is 0 Å². The second-order valence-electron chi connectivity index (χ2n) is 3.72. The molecule has 16 heavy (non-hydrogen) atoms. The van der Waals surface area contributed by atoms with Crippen molar-refractivity contribution in [2.24, 2.45) is 0 Å². The van der Waals surface area contributed by atoms with Crippen LogP contribution >= 0.6 is 0 Å². The van der Waals surface area contributed by atoms with E-state index in [9.17, 15) is 0 Å². The Morgan fingerprint density at radius 2 is 1.94 bits per heavy atom. The first-order valence-electron chi connectivity index (χ1n) is 5.24. The van der Waals surface area contributed by atoms with Gasteiger partial charge >= 0.3 is 0 Å². The summed E-state index contributed by atoms with van der Waals surface area (Å²) in [7, 11) is 0. The van der Waals surface area contributed by atoms with Gasteiger partial charge in [0.1, 0.15) is 0 Å². The van der Waals surface area contributed by atoms with Gasteiger partial charge in [0.05, 0.1) is 6.20 Å². The third kappa shape index (κ3) is 1.56. The highest BCUT2D eigenvalue weighted by atomic mass is 15.2. The molecule has 0 N–H and O–H groups in total. The van der Waals surface area contributed by atoms with Crippen LogP contribution in [-0.4, -0.2) is 14.6 Å². The van der Waals surface area contributed by atoms with Crippen LogP contribution in [0.1, 0.15) is 11.1 Å². The average molecular weight is 209 g/mol. The molecule has 0 saturated heterocycles. The Morgan fingerprint density at radius 1 is 1.06 bits per heavy atom. The standard InChI is InChI=1S/C13H11N3/c1-2-5-11(6-3-1)9-12-10-15-16-8-4-7-14-13(12)16/h1-8,10H,9H2. The summed E-state index contributed by atoms with van der Waals surface area (Å²) in [5, 5.41) is 4.27. The van der Waals surface area contributed by atoms with Gasteiger partial charge in [-0.1, -0.05) is 30.3 Å². The molecule has 0 unspecified atom stereocenters. The van der Waals surface area contributed by atoms with Crippen molar-refractivity contribution in [1.82, 2.24) is 14.6 Å². The third-order valence-corrected chi connectivity index (χ3v) is 2.59. The zero-order valence-corrected chi connectivity index (χ0v) is 8.74. The predicted molar refractivity (Wildman–Crippen MR) is 62.2 cm³/mol. The largest absolute Gasteiger partial charge is 0.237 e. The minimum Gasteiger partial charge on any atom is -0.237 e. The van der Waals surface area contributed by atoms with Crippen LogP contribution in [0.5, 0.6) is 0 Å². The van der Waals surface area contributed by atoms with Gasteiger partial charge in [-0.25, -0.2) is 9.50 Å². The summed E-state index contributed by atoms with van der Waals surface area (Å²) in [5.74, 6) is 0. The molecule has 3 heteroatoms. The van der Waals surface area contributed by atoms with E-state index in [-0.39, 0.29) is 0 Å². The minimum absolute atomic E-state index is 0.876. The first-order valence-corrected chi connectivity index (χ1v) is 5.24. The maximum Gasteiger partial charge on any atom is 0.158 e. The molecule has 0 aliphatic heterocycles. The molecule has 0 bridgehead atoms. The zero-order chi connectivity index (χ0) is 10.8. The Kier molecular flexibility index (Phi) is 2.14. The Bertz CT molecular complexity index is 599. The molecule has 78 valence electrons. The fraction of sp³-hybridized carbons (Fsp3) is 0.0769. The van der Waals surface area contributed by atoms with E-state index in [1.165, 1.54) is 5.56 Å². The molecule has 3 nitrogen and oxygen atoms in total. The molecule has 0 aliphatic carbocycles. The zero-order valence-electron chi connectivity index (χ0n) is 8.74. The van der Waals surface area contributed by atoms with E-state index in [2.05, 4.69) is 34.3 Å². The summed E-state index contributed by atoms with van der Waals surface area (Å²) < 4.78 is 1.80. The summed E-state index contributed by atoms with van der Waals surface area (Å²) in [6.07, 6.45) is 6.47. The van der Waals surface area contributed by atoms with Gasteiger partial charge in [0.2, 0.25) is 0 Å². The van der Waals surface area contributed by atoms with Gasteiger partial charge in [-0.05, 0) is 11.6 Å². The highest BCUT2D eigenvalue weighted by Crippen LogP contribution is 2.12. The maximum atomic E-state index is 4.34. The molecule has 2 aromatic heterocycles. The number of benzene rings is 1. The molecule has 2 heterocycles. The van der Waals surface area contributed by atoms with E-state index in [4.69, 9.17) is 0 Å². The van der Waals surface area contributed by atoms with Crippen LogP contribution < -0.4 is 0 Å². The lowest BCUT2D eigenvalue weighted by atomic mass is 10.1. The monoisotopic (exact) mass is 209 g/mol. The van der Waals surface area contributed by atoms with Crippen LogP contribution in [-0.2, 0) is 6.42 Å². The fourth-order valence-electron chi connectivity index (χ4n) is 1.82. The van der Waals surface area contributed by atoms with Crippen LogP contribution in [0.25, 0.3) is 5.65 Å². The topological polar surface area (TPSA) is 30.2 Å². The van der Waals surface area contributed by atoms with Gasteiger partial charge in [0.15, 0.2) is 5.65 Å². The number of aromatic nitrogens is 3. The molecule has 0 spiro atoms. The lowest BCUT2D eigenvalue weighted by Gasteiger charge is -1.98. The first kappa shape index (κ1) is 9.09. The van der Waals surface area contributed by atoms with Crippen molar-refractivity contribution in [1.29, 1.82) is 0 Å². The molecule has 3 rings (SSSR count). The molecule has 0 fully saturated rings. The van der Waals surface area contributed by atoms with E-state index in [1.54, 1.807) is 10.7 Å². The SMILES string of the molecule is c1ccc(Cc2cnn3cccnc23)cc1. The van der Waals surface area contributed by atoms with Crippen LogP contribution in [0.15, 0.2) is 55.0 Å². The van der Waals surface area contributed by atoms with E-state index in [1.807, 2.05) is 24.5 Å². The van der Waals surface area contributed by atoms with Gasteiger partial charge in [-0.15, -0.1) is 0 Å². The first-order chi connectivity index (χ1) is 7.93. The molecule has 3 aromatic rings. The van der Waals surface area contributed by atoms with Crippen molar-refractivity contribution in [3.63, 3.8) is 0 Å². The normalized spacial score (nSPS) is 10.8. The Hall–Kier alpha value is -2.16. The van der Waals surface area contributed by atoms with E-state index < -0.39 is 0 Å². The maximum absolute atomic E-state index is 4.34. The fourth-order valence-corrected chi connectivity index (χ4v) is 1.82. The van der Waals surface area contributed by atoms with Crippen LogP contribution in [0.2, 0.25) is 0 Å². The molecule has 1 aromatic carbocycles. The highest BCUT2D eigenvalue weighted by Gasteiger charge is 2.04. The summed E-state index contributed by atoms with van der Waals surface area (Å²) in [6.45, 7) is 0. The summed E-state index contributed by atoms with van der Waals surface area (Å²) >= 11 is 0. The van der Waals surface area contributed by atoms with Crippen molar-refractivity contribution >= 4 is 5.65 Å². The van der Waals surface area contributed by atoms with Crippen molar-refractivity contribution < 1.29 is 0 Å². The van der Waals surface area contributed by atoms with Crippen molar-refractivity contribution in [3.05, 3.63) is 66.1 Å². The summed E-state index contributed by atoms with van der Waals surface area (Å²) in [5.41, 5.74) is 3.38. The average Bonchev–Trinajstić information content (AvgIpc) is 2.74. The number of rotatable bonds is 2. The van der Waals surface area contributed by atoms with E-state index in [0.717, 1.165) is 17.6 Å². The second-order valence-corrected chi connectivity index (χ2v) is 3.72. The van der Waals surface area contributed by atoms with Gasteiger partial charge in [-0.2, -0.15) is 5.10 Å². The predicted octanol–water partition coefficient (Wildman–Crippen LogP) is 2.32. The Labute approximate surface area is 93.4 Å². The summed E-state index contributed by atoms with van der Waals surface area (Å²) in [4.78, 5) is 4.34. The van der Waals surface area contributed by atoms with Gasteiger partial charge < -0.3 is 0 Å². The number of hydrogen-bond donors (Lipinski definition) is 0. The van der Waals surface area contributed by atoms with Crippen LogP contribution in [0.3, 0.4) is 0 Å². The number of nitrogens with zero attached hydrogens (tertiary/aromatic N) is 3. The molecule has 0 saturated carbocycles. The molecule has 0 radical (unpaired) electrons. The van der Waals surface area contributed by atoms with Crippen molar-refractivity contribution in [2.45, 2.75) is 6.42 Å². The molecular formula is C13H11N3. The second kappa shape index (κ2) is 3.77. The van der Waals surface area contributed by atoms with Gasteiger partial charge in [-0.3, -0.25) is 0 Å². The third-order valence-electron chi connectivity index (χ3n) is 2.59. The van der Waals surface area contributed by atoms with E-state index >= 15 is 0 Å². The van der Waals surface area contributed by atoms with Crippen LogP contribution in [0.4, 0.5) is 0 Å². The van der Waals surface area contributed by atoms with Gasteiger partial charge in [0.25, 0.3) is 0 Å². The summed E-state index contributed by atoms with van der Waals surface area (Å²) in [6, 6.07) is 12.2. The lowest BCUT2D eigenvalue weighted by molar-refractivity contribution is 0.939. The van der Waals surface area contributed by atoms with Crippen LogP contribution in [0, 0.1) is 0 Å². The highest BCUT2D eigenvalue weighted by molar-refractivity contribution is 5.47. The molecule has 0 aliphatic rings. The Morgan fingerprint density at radius 3 is 2.81 bits per heavy atom. The number of fused-ring (bicyclic) bond motifs is 1.